The molecule has 0 spiro atoms. The largest absolute Gasteiger partial charge is 0.390 e. The molecule has 0 radical (unpaired) electrons. The first kappa shape index (κ1) is 25.3. The van der Waals surface area contributed by atoms with Crippen molar-refractivity contribution in [1.82, 2.24) is 14.8 Å². The molecule has 194 valence electrons. The standard InChI is InChI=1S/C31H37N3O3/c1-22(23-10-12-24(13-11-23)25-14-17-28(35)34(20-25)27-15-16-27)33-19-7-18-31(32-29(33)36,21-30(2,3)37)26-8-5-4-6-9-26/h4-6,8-14,17,20,22,27,37H,7,15-16,18-19,21H2,1-3H3,(H,32,36)/t22-,31-/m0/s1. The highest BCUT2D eigenvalue weighted by Crippen LogP contribution is 2.38. The van der Waals surface area contributed by atoms with Crippen LogP contribution in [0.4, 0.5) is 4.79 Å². The van der Waals surface area contributed by atoms with Crippen molar-refractivity contribution in [3.05, 3.63) is 94.4 Å². The maximum Gasteiger partial charge on any atom is 0.318 e. The van der Waals surface area contributed by atoms with Crippen molar-refractivity contribution in [2.45, 2.75) is 76.1 Å². The van der Waals surface area contributed by atoms with Crippen LogP contribution in [0.2, 0.25) is 0 Å². The minimum atomic E-state index is -0.929. The lowest BCUT2D eigenvalue weighted by Gasteiger charge is -2.39. The van der Waals surface area contributed by atoms with Gasteiger partial charge in [-0.1, -0.05) is 54.6 Å². The van der Waals surface area contributed by atoms with E-state index < -0.39 is 11.1 Å². The van der Waals surface area contributed by atoms with Gasteiger partial charge in [0.05, 0.1) is 17.2 Å². The van der Waals surface area contributed by atoms with Crippen molar-refractivity contribution in [2.75, 3.05) is 6.54 Å². The number of hydrogen-bond donors (Lipinski definition) is 2. The third kappa shape index (κ3) is 5.49. The molecule has 2 aliphatic rings. The highest BCUT2D eigenvalue weighted by atomic mass is 16.3. The van der Waals surface area contributed by atoms with Gasteiger partial charge in [-0.05, 0) is 74.8 Å². The second-order valence-corrected chi connectivity index (χ2v) is 11.4. The molecule has 2 heterocycles. The molecule has 0 bridgehead atoms. The number of nitrogens with zero attached hydrogens (tertiary/aromatic N) is 2. The van der Waals surface area contributed by atoms with Crippen LogP contribution < -0.4 is 10.9 Å². The number of benzene rings is 2. The number of rotatable bonds is 7. The van der Waals surface area contributed by atoms with Crippen LogP contribution in [0.25, 0.3) is 11.1 Å². The zero-order chi connectivity index (χ0) is 26.2. The zero-order valence-corrected chi connectivity index (χ0v) is 22.0. The van der Waals surface area contributed by atoms with Gasteiger partial charge in [-0.25, -0.2) is 4.79 Å². The number of nitrogens with one attached hydrogen (secondary N) is 1. The molecule has 5 rings (SSSR count). The Labute approximate surface area is 218 Å². The van der Waals surface area contributed by atoms with Crippen molar-refractivity contribution in [2.24, 2.45) is 0 Å². The Morgan fingerprint density at radius 3 is 2.32 bits per heavy atom. The zero-order valence-electron chi connectivity index (χ0n) is 22.0. The summed E-state index contributed by atoms with van der Waals surface area (Å²) in [5.74, 6) is 0. The molecule has 2 amide bonds. The number of amides is 2. The topological polar surface area (TPSA) is 74.6 Å². The first-order valence-corrected chi connectivity index (χ1v) is 13.3. The average molecular weight is 500 g/mol. The average Bonchev–Trinajstić information content (AvgIpc) is 3.72. The summed E-state index contributed by atoms with van der Waals surface area (Å²) in [6, 6.07) is 22.0. The first-order chi connectivity index (χ1) is 17.7. The van der Waals surface area contributed by atoms with Gasteiger partial charge in [-0.2, -0.15) is 0 Å². The fourth-order valence-electron chi connectivity index (χ4n) is 5.75. The predicted octanol–water partition coefficient (Wildman–Crippen LogP) is 5.77. The number of carbonyl (C=O) groups excluding carboxylic acids is 1. The van der Waals surface area contributed by atoms with E-state index in [1.165, 1.54) is 0 Å². The lowest BCUT2D eigenvalue weighted by molar-refractivity contribution is 0.0357. The van der Waals surface area contributed by atoms with Gasteiger partial charge in [-0.15, -0.1) is 0 Å². The molecular weight excluding hydrogens is 462 g/mol. The second kappa shape index (κ2) is 9.82. The normalized spacial score (nSPS) is 21.3. The van der Waals surface area contributed by atoms with E-state index in [0.29, 0.717) is 19.0 Å². The summed E-state index contributed by atoms with van der Waals surface area (Å²) in [6.45, 7) is 6.30. The van der Waals surface area contributed by atoms with Gasteiger partial charge < -0.3 is 19.9 Å². The van der Waals surface area contributed by atoms with Crippen LogP contribution >= 0.6 is 0 Å². The Morgan fingerprint density at radius 1 is 1.00 bits per heavy atom. The summed E-state index contributed by atoms with van der Waals surface area (Å²) in [7, 11) is 0. The van der Waals surface area contributed by atoms with E-state index in [1.54, 1.807) is 19.9 Å². The van der Waals surface area contributed by atoms with Crippen molar-refractivity contribution in [1.29, 1.82) is 0 Å². The van der Waals surface area contributed by atoms with Crippen LogP contribution in [0.15, 0.2) is 77.7 Å². The predicted molar refractivity (Wildman–Crippen MR) is 146 cm³/mol. The van der Waals surface area contributed by atoms with Crippen molar-refractivity contribution in [3.8, 4) is 11.1 Å². The number of hydrogen-bond acceptors (Lipinski definition) is 3. The molecule has 6 heteroatoms. The summed E-state index contributed by atoms with van der Waals surface area (Å²) in [5.41, 5.74) is 2.67. The summed E-state index contributed by atoms with van der Waals surface area (Å²) in [4.78, 5) is 27.7. The molecule has 3 aromatic rings. The number of aromatic nitrogens is 1. The van der Waals surface area contributed by atoms with Gasteiger partial charge in [0.2, 0.25) is 0 Å². The summed E-state index contributed by atoms with van der Waals surface area (Å²) in [5, 5.41) is 14.1. The molecule has 1 saturated heterocycles. The van der Waals surface area contributed by atoms with Crippen LogP contribution in [-0.4, -0.2) is 32.8 Å². The van der Waals surface area contributed by atoms with Gasteiger partial charge in [0.25, 0.3) is 5.56 Å². The molecule has 1 saturated carbocycles. The van der Waals surface area contributed by atoms with Crippen LogP contribution in [-0.2, 0) is 5.54 Å². The number of urea groups is 1. The van der Waals surface area contributed by atoms with Gasteiger partial charge in [0.15, 0.2) is 0 Å². The van der Waals surface area contributed by atoms with Crippen LogP contribution in [0, 0.1) is 0 Å². The Balaban J connectivity index is 1.36. The van der Waals surface area contributed by atoms with E-state index in [0.717, 1.165) is 47.9 Å². The number of pyridine rings is 1. The Hall–Kier alpha value is -3.38. The molecule has 37 heavy (non-hydrogen) atoms. The first-order valence-electron chi connectivity index (χ1n) is 13.3. The minimum Gasteiger partial charge on any atom is -0.390 e. The molecule has 2 fully saturated rings. The number of aliphatic hydroxyl groups is 1. The molecule has 2 aromatic carbocycles. The van der Waals surface area contributed by atoms with Crippen LogP contribution in [0.1, 0.15) is 76.1 Å². The van der Waals surface area contributed by atoms with Crippen molar-refractivity contribution >= 4 is 6.03 Å². The van der Waals surface area contributed by atoms with Crippen molar-refractivity contribution < 1.29 is 9.90 Å². The van der Waals surface area contributed by atoms with E-state index in [2.05, 4.69) is 36.5 Å². The molecular formula is C31H37N3O3. The third-order valence-corrected chi connectivity index (χ3v) is 7.74. The fourth-order valence-corrected chi connectivity index (χ4v) is 5.75. The number of carbonyl (C=O) groups is 1. The van der Waals surface area contributed by atoms with E-state index >= 15 is 0 Å². The fraction of sp³-hybridized carbons (Fsp3) is 0.419. The maximum absolute atomic E-state index is 13.6. The Morgan fingerprint density at radius 2 is 1.68 bits per heavy atom. The maximum atomic E-state index is 13.6. The quantitative estimate of drug-likeness (QED) is 0.433. The van der Waals surface area contributed by atoms with Crippen molar-refractivity contribution in [3.63, 3.8) is 0 Å². The molecule has 0 unspecified atom stereocenters. The molecule has 1 aliphatic carbocycles. The molecule has 2 atom stereocenters. The van der Waals surface area contributed by atoms with Gasteiger partial charge >= 0.3 is 6.03 Å². The summed E-state index contributed by atoms with van der Waals surface area (Å²) in [6.07, 6.45) is 6.13. The van der Waals surface area contributed by atoms with Gasteiger partial charge in [0.1, 0.15) is 0 Å². The third-order valence-electron chi connectivity index (χ3n) is 7.74. The molecule has 6 nitrogen and oxygen atoms in total. The molecule has 1 aliphatic heterocycles. The van der Waals surface area contributed by atoms with Crippen LogP contribution in [0.5, 0.6) is 0 Å². The van der Waals surface area contributed by atoms with E-state index in [4.69, 9.17) is 0 Å². The highest BCUT2D eigenvalue weighted by molar-refractivity contribution is 5.76. The second-order valence-electron chi connectivity index (χ2n) is 11.4. The van der Waals surface area contributed by atoms with E-state index in [-0.39, 0.29) is 17.6 Å². The Kier molecular flexibility index (Phi) is 6.71. The molecule has 2 N–H and O–H groups in total. The molecule has 1 aromatic heterocycles. The minimum absolute atomic E-state index is 0.0554. The van der Waals surface area contributed by atoms with Gasteiger partial charge in [-0.3, -0.25) is 4.79 Å². The highest BCUT2D eigenvalue weighted by Gasteiger charge is 2.42. The Bertz CT molecular complexity index is 1310. The monoisotopic (exact) mass is 499 g/mol. The SMILES string of the molecule is C[C@@H](c1ccc(-c2ccc(=O)n(C3CC3)c2)cc1)N1CCC[C@](CC(C)(C)O)(c2ccccc2)NC1=O. The lowest BCUT2D eigenvalue weighted by Crippen LogP contribution is -2.52. The van der Waals surface area contributed by atoms with E-state index in [1.807, 2.05) is 52.1 Å². The van der Waals surface area contributed by atoms with Gasteiger partial charge in [0, 0.05) is 31.3 Å². The smallest absolute Gasteiger partial charge is 0.318 e. The summed E-state index contributed by atoms with van der Waals surface area (Å²) >= 11 is 0. The lowest BCUT2D eigenvalue weighted by atomic mass is 9.77. The van der Waals surface area contributed by atoms with Crippen LogP contribution in [0.3, 0.4) is 0 Å². The summed E-state index contributed by atoms with van der Waals surface area (Å²) < 4.78 is 1.85. The van der Waals surface area contributed by atoms with E-state index in [9.17, 15) is 14.7 Å².